The van der Waals surface area contributed by atoms with Crippen LogP contribution in [0.25, 0.3) is 0 Å². The zero-order valence-electron chi connectivity index (χ0n) is 11.9. The molecular formula is C12H17N5OS2. The Bertz CT molecular complexity index is 573. The lowest BCUT2D eigenvalue weighted by Gasteiger charge is -2.10. The first-order valence-corrected chi connectivity index (χ1v) is 8.03. The Morgan fingerprint density at radius 3 is 2.70 bits per heavy atom. The van der Waals surface area contributed by atoms with E-state index in [1.165, 1.54) is 11.8 Å². The van der Waals surface area contributed by atoms with Crippen LogP contribution < -0.4 is 10.1 Å². The molecule has 0 bridgehead atoms. The standard InChI is InChI=1S/C12H17N5OS2/c1-5-13-9-15-10(18-7(2)3)17-11(16-9)20-12-14-8(4)6-19-12/h6-7H,5H2,1-4H3,(H,13,15,16,17). The zero-order valence-corrected chi connectivity index (χ0v) is 13.5. The van der Waals surface area contributed by atoms with Crippen LogP contribution in [0.1, 0.15) is 26.5 Å². The molecule has 2 aromatic rings. The van der Waals surface area contributed by atoms with E-state index in [-0.39, 0.29) is 6.10 Å². The second-order valence-corrected chi connectivity index (χ2v) is 6.35. The summed E-state index contributed by atoms with van der Waals surface area (Å²) in [6, 6.07) is 0.335. The molecule has 0 atom stereocenters. The van der Waals surface area contributed by atoms with Crippen molar-refractivity contribution in [2.24, 2.45) is 0 Å². The maximum atomic E-state index is 5.55. The molecule has 0 amide bonds. The van der Waals surface area contributed by atoms with Crippen LogP contribution in [0.5, 0.6) is 6.01 Å². The van der Waals surface area contributed by atoms with Gasteiger partial charge in [-0.1, -0.05) is 0 Å². The van der Waals surface area contributed by atoms with E-state index in [1.807, 2.05) is 33.1 Å². The molecule has 0 saturated heterocycles. The number of anilines is 1. The molecule has 0 aromatic carbocycles. The fourth-order valence-corrected chi connectivity index (χ4v) is 3.02. The highest BCUT2D eigenvalue weighted by atomic mass is 32.2. The summed E-state index contributed by atoms with van der Waals surface area (Å²) in [5, 5.41) is 5.66. The molecule has 8 heteroatoms. The lowest BCUT2D eigenvalue weighted by atomic mass is 10.5. The fourth-order valence-electron chi connectivity index (χ4n) is 1.34. The van der Waals surface area contributed by atoms with Crippen molar-refractivity contribution in [1.82, 2.24) is 19.9 Å². The molecule has 0 fully saturated rings. The van der Waals surface area contributed by atoms with Crippen LogP contribution in [-0.4, -0.2) is 32.6 Å². The zero-order chi connectivity index (χ0) is 14.5. The average molecular weight is 311 g/mol. The van der Waals surface area contributed by atoms with Crippen LogP contribution in [-0.2, 0) is 0 Å². The van der Waals surface area contributed by atoms with Gasteiger partial charge in [-0.15, -0.1) is 11.3 Å². The highest BCUT2D eigenvalue weighted by molar-refractivity contribution is 8.00. The van der Waals surface area contributed by atoms with Crippen LogP contribution in [0, 0.1) is 6.92 Å². The third kappa shape index (κ3) is 4.31. The summed E-state index contributed by atoms with van der Waals surface area (Å²) in [7, 11) is 0. The highest BCUT2D eigenvalue weighted by Gasteiger charge is 2.11. The van der Waals surface area contributed by atoms with Gasteiger partial charge >= 0.3 is 6.01 Å². The van der Waals surface area contributed by atoms with E-state index in [1.54, 1.807) is 11.3 Å². The number of aryl methyl sites for hydroxylation is 1. The van der Waals surface area contributed by atoms with E-state index in [0.29, 0.717) is 17.1 Å². The topological polar surface area (TPSA) is 72.8 Å². The van der Waals surface area contributed by atoms with Gasteiger partial charge in [-0.3, -0.25) is 0 Å². The van der Waals surface area contributed by atoms with E-state index in [2.05, 4.69) is 25.3 Å². The minimum absolute atomic E-state index is 0.0202. The maximum Gasteiger partial charge on any atom is 0.322 e. The Kier molecular flexibility index (Phi) is 5.13. The SMILES string of the molecule is CCNc1nc(OC(C)C)nc(Sc2nc(C)cs2)n1. The van der Waals surface area contributed by atoms with Gasteiger partial charge in [0.2, 0.25) is 11.1 Å². The number of hydrogen-bond donors (Lipinski definition) is 1. The number of thiazole rings is 1. The molecule has 0 aliphatic heterocycles. The number of aromatic nitrogens is 4. The molecular weight excluding hydrogens is 294 g/mol. The van der Waals surface area contributed by atoms with Gasteiger partial charge in [-0.05, 0) is 39.5 Å². The second kappa shape index (κ2) is 6.85. The molecule has 0 saturated carbocycles. The molecule has 0 unspecified atom stereocenters. The average Bonchev–Trinajstić information content (AvgIpc) is 2.74. The number of ether oxygens (including phenoxy) is 1. The molecule has 2 rings (SSSR count). The molecule has 1 N–H and O–H groups in total. The van der Waals surface area contributed by atoms with Gasteiger partial charge in [0, 0.05) is 17.6 Å². The van der Waals surface area contributed by atoms with Gasteiger partial charge in [-0.2, -0.15) is 15.0 Å². The molecule has 0 aliphatic rings. The van der Waals surface area contributed by atoms with Gasteiger partial charge in [-0.25, -0.2) is 4.98 Å². The van der Waals surface area contributed by atoms with Crippen LogP contribution in [0.4, 0.5) is 5.95 Å². The van der Waals surface area contributed by atoms with E-state index in [0.717, 1.165) is 16.6 Å². The van der Waals surface area contributed by atoms with Crippen LogP contribution in [0.3, 0.4) is 0 Å². The summed E-state index contributed by atoms with van der Waals surface area (Å²) in [4.78, 5) is 17.3. The van der Waals surface area contributed by atoms with Crippen LogP contribution >= 0.6 is 23.1 Å². The highest BCUT2D eigenvalue weighted by Crippen LogP contribution is 2.29. The summed E-state index contributed by atoms with van der Waals surface area (Å²) in [5.41, 5.74) is 0.997. The third-order valence-corrected chi connectivity index (χ3v) is 3.97. The Morgan fingerprint density at radius 1 is 1.30 bits per heavy atom. The van der Waals surface area contributed by atoms with Crippen molar-refractivity contribution in [3.8, 4) is 6.01 Å². The van der Waals surface area contributed by atoms with Crippen molar-refractivity contribution >= 4 is 29.0 Å². The second-order valence-electron chi connectivity index (χ2n) is 4.28. The predicted octanol–water partition coefficient (Wildman–Crippen LogP) is 3.01. The van der Waals surface area contributed by atoms with Gasteiger partial charge in [0.15, 0.2) is 4.34 Å². The normalized spacial score (nSPS) is 10.8. The molecule has 6 nitrogen and oxygen atoms in total. The summed E-state index contributed by atoms with van der Waals surface area (Å²) >= 11 is 2.99. The summed E-state index contributed by atoms with van der Waals surface area (Å²) in [6.45, 7) is 8.57. The van der Waals surface area contributed by atoms with Crippen molar-refractivity contribution < 1.29 is 4.74 Å². The molecule has 2 heterocycles. The molecule has 0 aliphatic carbocycles. The predicted molar refractivity (Wildman–Crippen MR) is 80.7 cm³/mol. The van der Waals surface area contributed by atoms with Crippen molar-refractivity contribution in [3.63, 3.8) is 0 Å². The quantitative estimate of drug-likeness (QED) is 0.879. The van der Waals surface area contributed by atoms with Crippen molar-refractivity contribution in [1.29, 1.82) is 0 Å². The van der Waals surface area contributed by atoms with Crippen LogP contribution in [0.15, 0.2) is 14.9 Å². The monoisotopic (exact) mass is 311 g/mol. The van der Waals surface area contributed by atoms with Crippen LogP contribution in [0.2, 0.25) is 0 Å². The first kappa shape index (κ1) is 15.0. The molecule has 0 spiro atoms. The molecule has 0 radical (unpaired) electrons. The van der Waals surface area contributed by atoms with Crippen molar-refractivity contribution in [2.45, 2.75) is 43.3 Å². The lowest BCUT2D eigenvalue weighted by Crippen LogP contribution is -2.11. The van der Waals surface area contributed by atoms with Gasteiger partial charge in [0.25, 0.3) is 0 Å². The Morgan fingerprint density at radius 2 is 2.10 bits per heavy atom. The molecule has 2 aromatic heterocycles. The maximum absolute atomic E-state index is 5.55. The minimum Gasteiger partial charge on any atom is -0.461 e. The largest absolute Gasteiger partial charge is 0.461 e. The first-order chi connectivity index (χ1) is 9.56. The number of nitrogens with one attached hydrogen (secondary N) is 1. The van der Waals surface area contributed by atoms with E-state index < -0.39 is 0 Å². The van der Waals surface area contributed by atoms with E-state index in [9.17, 15) is 0 Å². The molecule has 20 heavy (non-hydrogen) atoms. The van der Waals surface area contributed by atoms with E-state index >= 15 is 0 Å². The lowest BCUT2D eigenvalue weighted by molar-refractivity contribution is 0.219. The van der Waals surface area contributed by atoms with Gasteiger partial charge in [0.1, 0.15) is 0 Å². The summed E-state index contributed by atoms with van der Waals surface area (Å²) in [5.74, 6) is 0.522. The van der Waals surface area contributed by atoms with Gasteiger partial charge < -0.3 is 10.1 Å². The number of nitrogens with zero attached hydrogens (tertiary/aromatic N) is 4. The Labute approximate surface area is 126 Å². The van der Waals surface area contributed by atoms with Crippen molar-refractivity contribution in [3.05, 3.63) is 11.1 Å². The smallest absolute Gasteiger partial charge is 0.322 e. The fraction of sp³-hybridized carbons (Fsp3) is 0.500. The number of hydrogen-bond acceptors (Lipinski definition) is 8. The van der Waals surface area contributed by atoms with Crippen molar-refractivity contribution in [2.75, 3.05) is 11.9 Å². The Hall–Kier alpha value is -1.41. The summed E-state index contributed by atoms with van der Waals surface area (Å²) in [6.07, 6.45) is 0.0202. The third-order valence-electron chi connectivity index (χ3n) is 2.05. The minimum atomic E-state index is 0.0202. The number of rotatable bonds is 6. The van der Waals surface area contributed by atoms with Gasteiger partial charge in [0.05, 0.1) is 6.10 Å². The Balaban J connectivity index is 2.23. The first-order valence-electron chi connectivity index (χ1n) is 6.33. The molecule has 108 valence electrons. The summed E-state index contributed by atoms with van der Waals surface area (Å²) < 4.78 is 6.46. The van der Waals surface area contributed by atoms with E-state index in [4.69, 9.17) is 4.74 Å².